The molecule has 0 unspecified atom stereocenters. The minimum Gasteiger partial charge on any atom is -0.507 e. The molecule has 1 aliphatic heterocycles. The molecule has 116 valence electrons. The zero-order valence-corrected chi connectivity index (χ0v) is 13.3. The molecule has 1 aromatic rings. The Morgan fingerprint density at radius 3 is 2.43 bits per heavy atom. The van der Waals surface area contributed by atoms with Gasteiger partial charge in [-0.05, 0) is 42.4 Å². The van der Waals surface area contributed by atoms with E-state index in [1.54, 1.807) is 19.2 Å². The molecule has 21 heavy (non-hydrogen) atoms. The average molecular weight is 291 g/mol. The highest BCUT2D eigenvalue weighted by atomic mass is 16.5. The van der Waals surface area contributed by atoms with Crippen LogP contribution in [0.4, 0.5) is 0 Å². The van der Waals surface area contributed by atoms with Crippen molar-refractivity contribution in [3.8, 4) is 11.5 Å². The second-order valence-electron chi connectivity index (χ2n) is 6.82. The summed E-state index contributed by atoms with van der Waals surface area (Å²) in [5.74, 6) is 1.12. The average Bonchev–Trinajstić information content (AvgIpc) is 2.46. The molecule has 0 aliphatic carbocycles. The third-order valence-corrected chi connectivity index (χ3v) is 4.44. The van der Waals surface area contributed by atoms with E-state index in [0.29, 0.717) is 17.2 Å². The lowest BCUT2D eigenvalue weighted by Gasteiger charge is -2.38. The molecular formula is C17H25NO3. The highest BCUT2D eigenvalue weighted by molar-refractivity contribution is 5.97. The minimum atomic E-state index is -0.112. The summed E-state index contributed by atoms with van der Waals surface area (Å²) in [5, 5.41) is 9.91. The van der Waals surface area contributed by atoms with Crippen LogP contribution in [0.15, 0.2) is 18.2 Å². The maximum atomic E-state index is 12.6. The van der Waals surface area contributed by atoms with Gasteiger partial charge in [0, 0.05) is 13.1 Å². The Morgan fingerprint density at radius 2 is 1.90 bits per heavy atom. The molecule has 0 spiro atoms. The SMILES string of the molecule is COc1ccc(O)c(C(=O)N2CCC(C(C)(C)C)CC2)c1. The molecule has 1 aliphatic rings. The van der Waals surface area contributed by atoms with Crippen LogP contribution in [-0.2, 0) is 0 Å². The molecule has 1 fully saturated rings. The number of piperidine rings is 1. The monoisotopic (exact) mass is 291 g/mol. The number of carbonyl (C=O) groups excluding carboxylic acids is 1. The molecule has 1 heterocycles. The van der Waals surface area contributed by atoms with Crippen molar-refractivity contribution in [3.63, 3.8) is 0 Å². The Balaban J connectivity index is 2.09. The van der Waals surface area contributed by atoms with E-state index >= 15 is 0 Å². The summed E-state index contributed by atoms with van der Waals surface area (Å²) in [6.07, 6.45) is 2.03. The summed E-state index contributed by atoms with van der Waals surface area (Å²) in [4.78, 5) is 14.4. The number of ether oxygens (including phenoxy) is 1. The van der Waals surface area contributed by atoms with Gasteiger partial charge in [0.2, 0.25) is 0 Å². The van der Waals surface area contributed by atoms with E-state index in [1.165, 1.54) is 6.07 Å². The summed E-state index contributed by atoms with van der Waals surface area (Å²) in [6.45, 7) is 8.25. The fourth-order valence-corrected chi connectivity index (χ4v) is 2.93. The Morgan fingerprint density at radius 1 is 1.29 bits per heavy atom. The van der Waals surface area contributed by atoms with Crippen LogP contribution in [0.3, 0.4) is 0 Å². The summed E-state index contributed by atoms with van der Waals surface area (Å²) >= 11 is 0. The lowest BCUT2D eigenvalue weighted by Crippen LogP contribution is -2.41. The van der Waals surface area contributed by atoms with Gasteiger partial charge in [-0.2, -0.15) is 0 Å². The van der Waals surface area contributed by atoms with Gasteiger partial charge in [-0.1, -0.05) is 20.8 Å². The topological polar surface area (TPSA) is 49.8 Å². The van der Waals surface area contributed by atoms with Crippen molar-refractivity contribution in [1.29, 1.82) is 0 Å². The second-order valence-corrected chi connectivity index (χ2v) is 6.82. The number of benzene rings is 1. The quantitative estimate of drug-likeness (QED) is 0.909. The lowest BCUT2D eigenvalue weighted by atomic mass is 9.75. The van der Waals surface area contributed by atoms with E-state index in [-0.39, 0.29) is 17.1 Å². The number of methoxy groups -OCH3 is 1. The molecule has 1 N–H and O–H groups in total. The summed E-state index contributed by atoms with van der Waals surface area (Å²) in [5.41, 5.74) is 0.608. The van der Waals surface area contributed by atoms with Crippen LogP contribution in [0.25, 0.3) is 0 Å². The van der Waals surface area contributed by atoms with Gasteiger partial charge in [0.1, 0.15) is 11.5 Å². The van der Waals surface area contributed by atoms with Crippen LogP contribution in [-0.4, -0.2) is 36.1 Å². The van der Waals surface area contributed by atoms with E-state index in [0.717, 1.165) is 25.9 Å². The van der Waals surface area contributed by atoms with Gasteiger partial charge < -0.3 is 14.7 Å². The molecule has 0 saturated carbocycles. The third-order valence-electron chi connectivity index (χ3n) is 4.44. The molecule has 0 aromatic heterocycles. The fourth-order valence-electron chi connectivity index (χ4n) is 2.93. The molecule has 1 aromatic carbocycles. The van der Waals surface area contributed by atoms with Gasteiger partial charge in [-0.15, -0.1) is 0 Å². The molecule has 1 saturated heterocycles. The highest BCUT2D eigenvalue weighted by Gasteiger charge is 2.31. The number of amides is 1. The maximum absolute atomic E-state index is 12.6. The number of hydrogen-bond acceptors (Lipinski definition) is 3. The highest BCUT2D eigenvalue weighted by Crippen LogP contribution is 2.35. The molecule has 4 heteroatoms. The predicted molar refractivity (Wildman–Crippen MR) is 82.7 cm³/mol. The Labute approximate surface area is 126 Å². The number of aromatic hydroxyl groups is 1. The molecular weight excluding hydrogens is 266 g/mol. The van der Waals surface area contributed by atoms with Crippen molar-refractivity contribution in [2.24, 2.45) is 11.3 Å². The number of carbonyl (C=O) groups is 1. The number of phenolic OH excluding ortho intramolecular Hbond substituents is 1. The first-order valence-corrected chi connectivity index (χ1v) is 7.49. The number of likely N-dealkylation sites (tertiary alicyclic amines) is 1. The van der Waals surface area contributed by atoms with Gasteiger partial charge in [0.05, 0.1) is 12.7 Å². The third kappa shape index (κ3) is 3.49. The van der Waals surface area contributed by atoms with Gasteiger partial charge >= 0.3 is 0 Å². The predicted octanol–water partition coefficient (Wildman–Crippen LogP) is 3.30. The molecule has 0 atom stereocenters. The number of rotatable bonds is 2. The van der Waals surface area contributed by atoms with E-state index in [9.17, 15) is 9.90 Å². The standard InChI is InChI=1S/C17H25NO3/c1-17(2,3)12-7-9-18(10-8-12)16(20)14-11-13(21-4)5-6-15(14)19/h5-6,11-12,19H,7-10H2,1-4H3. The van der Waals surface area contributed by atoms with Crippen LogP contribution < -0.4 is 4.74 Å². The van der Waals surface area contributed by atoms with E-state index in [2.05, 4.69) is 20.8 Å². The van der Waals surface area contributed by atoms with Crippen LogP contribution in [0.2, 0.25) is 0 Å². The number of phenols is 1. The van der Waals surface area contributed by atoms with Crippen molar-refractivity contribution in [3.05, 3.63) is 23.8 Å². The van der Waals surface area contributed by atoms with Crippen molar-refractivity contribution in [2.75, 3.05) is 20.2 Å². The van der Waals surface area contributed by atoms with Crippen LogP contribution in [0, 0.1) is 11.3 Å². The smallest absolute Gasteiger partial charge is 0.257 e. The number of hydrogen-bond donors (Lipinski definition) is 1. The van der Waals surface area contributed by atoms with Crippen LogP contribution >= 0.6 is 0 Å². The maximum Gasteiger partial charge on any atom is 0.257 e. The summed E-state index contributed by atoms with van der Waals surface area (Å²) in [6, 6.07) is 4.76. The number of nitrogens with zero attached hydrogens (tertiary/aromatic N) is 1. The molecule has 1 amide bonds. The summed E-state index contributed by atoms with van der Waals surface area (Å²) in [7, 11) is 1.55. The zero-order chi connectivity index (χ0) is 15.6. The first-order chi connectivity index (χ1) is 9.82. The van der Waals surface area contributed by atoms with E-state index in [1.807, 2.05) is 4.90 Å². The molecule has 4 nitrogen and oxygen atoms in total. The van der Waals surface area contributed by atoms with Gasteiger partial charge in [-0.25, -0.2) is 0 Å². The van der Waals surface area contributed by atoms with Crippen molar-refractivity contribution >= 4 is 5.91 Å². The lowest BCUT2D eigenvalue weighted by molar-refractivity contribution is 0.0605. The summed E-state index contributed by atoms with van der Waals surface area (Å²) < 4.78 is 5.13. The minimum absolute atomic E-state index is 0.0127. The van der Waals surface area contributed by atoms with E-state index in [4.69, 9.17) is 4.74 Å². The van der Waals surface area contributed by atoms with Gasteiger partial charge in [0.15, 0.2) is 0 Å². The van der Waals surface area contributed by atoms with Crippen LogP contribution in [0.5, 0.6) is 11.5 Å². The Bertz CT molecular complexity index is 511. The first-order valence-electron chi connectivity index (χ1n) is 7.49. The van der Waals surface area contributed by atoms with Crippen molar-refractivity contribution in [1.82, 2.24) is 4.90 Å². The van der Waals surface area contributed by atoms with E-state index < -0.39 is 0 Å². The molecule has 0 bridgehead atoms. The molecule has 2 rings (SSSR count). The van der Waals surface area contributed by atoms with Gasteiger partial charge in [-0.3, -0.25) is 4.79 Å². The van der Waals surface area contributed by atoms with Gasteiger partial charge in [0.25, 0.3) is 5.91 Å². The Hall–Kier alpha value is -1.71. The van der Waals surface area contributed by atoms with Crippen molar-refractivity contribution in [2.45, 2.75) is 33.6 Å². The fraction of sp³-hybridized carbons (Fsp3) is 0.588. The van der Waals surface area contributed by atoms with Crippen LogP contribution in [0.1, 0.15) is 44.0 Å². The first kappa shape index (κ1) is 15.7. The molecule has 0 radical (unpaired) electrons. The normalized spacial score (nSPS) is 16.9. The largest absolute Gasteiger partial charge is 0.507 e. The second kappa shape index (κ2) is 5.96. The van der Waals surface area contributed by atoms with Crippen molar-refractivity contribution < 1.29 is 14.6 Å². The zero-order valence-electron chi connectivity index (χ0n) is 13.3. The Kier molecular flexibility index (Phi) is 4.45.